The third kappa shape index (κ3) is 3.08. The first-order valence-electron chi connectivity index (χ1n) is 8.57. The van der Waals surface area contributed by atoms with E-state index in [0.717, 1.165) is 28.3 Å². The molecular weight excluding hydrogens is 330 g/mol. The monoisotopic (exact) mass is 351 g/mol. The number of amides is 1. The molecule has 4 rings (SSSR count). The average Bonchev–Trinajstić information content (AvgIpc) is 3.29. The Hall–Kier alpha value is -3.09. The van der Waals surface area contributed by atoms with E-state index in [-0.39, 0.29) is 18.4 Å². The zero-order valence-corrected chi connectivity index (χ0v) is 14.8. The summed E-state index contributed by atoms with van der Waals surface area (Å²) in [6.07, 6.45) is 5.33. The van der Waals surface area contributed by atoms with E-state index in [2.05, 4.69) is 21.1 Å². The largest absolute Gasteiger partial charge is 0.497 e. The van der Waals surface area contributed by atoms with Gasteiger partial charge in [-0.05, 0) is 30.2 Å². The van der Waals surface area contributed by atoms with Gasteiger partial charge < -0.3 is 14.6 Å². The first-order chi connectivity index (χ1) is 12.6. The highest BCUT2D eigenvalue weighted by atomic mass is 16.5. The molecular formula is C19H21N5O2. The molecule has 0 saturated carbocycles. The lowest BCUT2D eigenvalue weighted by Crippen LogP contribution is -2.40. The summed E-state index contributed by atoms with van der Waals surface area (Å²) in [6, 6.07) is 7.94. The van der Waals surface area contributed by atoms with Gasteiger partial charge in [-0.15, -0.1) is 0 Å². The number of aromatic amines is 1. The molecule has 1 amide bonds. The van der Waals surface area contributed by atoms with Gasteiger partial charge in [-0.3, -0.25) is 9.48 Å². The highest BCUT2D eigenvalue weighted by Crippen LogP contribution is 2.33. The molecule has 0 bridgehead atoms. The number of imidazole rings is 1. The van der Waals surface area contributed by atoms with Gasteiger partial charge in [-0.1, -0.05) is 12.1 Å². The summed E-state index contributed by atoms with van der Waals surface area (Å²) in [5.74, 6) is 0.861. The quantitative estimate of drug-likeness (QED) is 0.781. The maximum atomic E-state index is 12.8. The van der Waals surface area contributed by atoms with E-state index in [1.54, 1.807) is 24.3 Å². The van der Waals surface area contributed by atoms with E-state index in [0.29, 0.717) is 13.1 Å². The van der Waals surface area contributed by atoms with E-state index in [1.807, 2.05) is 36.2 Å². The van der Waals surface area contributed by atoms with Crippen molar-refractivity contribution in [3.63, 3.8) is 0 Å². The van der Waals surface area contributed by atoms with Crippen LogP contribution in [0.25, 0.3) is 0 Å². The topological polar surface area (TPSA) is 76.0 Å². The second-order valence-corrected chi connectivity index (χ2v) is 6.59. The Kier molecular flexibility index (Phi) is 4.20. The molecule has 0 spiro atoms. The second kappa shape index (κ2) is 6.67. The predicted molar refractivity (Wildman–Crippen MR) is 95.8 cm³/mol. The van der Waals surface area contributed by atoms with Gasteiger partial charge in [0.1, 0.15) is 12.3 Å². The van der Waals surface area contributed by atoms with Crippen molar-refractivity contribution >= 4 is 5.91 Å². The number of ether oxygens (including phenoxy) is 1. The fraction of sp³-hybridized carbons (Fsp3) is 0.316. The number of benzene rings is 1. The Morgan fingerprint density at radius 3 is 3.08 bits per heavy atom. The fourth-order valence-corrected chi connectivity index (χ4v) is 3.42. The lowest BCUT2D eigenvalue weighted by molar-refractivity contribution is -0.133. The standard InChI is InChI=1S/C19H21N5O2/c1-13-7-22-24(8-13)11-18(25)23-9-16(19-17(10-23)20-12-21-19)14-4-3-5-15(6-14)26-2/h3-8,12,16H,9-11H2,1-2H3,(H,20,21). The third-order valence-corrected chi connectivity index (χ3v) is 4.74. The van der Waals surface area contributed by atoms with Gasteiger partial charge >= 0.3 is 0 Å². The number of H-pyrrole nitrogens is 1. The molecule has 134 valence electrons. The molecule has 1 unspecified atom stereocenters. The van der Waals surface area contributed by atoms with Crippen LogP contribution in [-0.2, 0) is 17.9 Å². The van der Waals surface area contributed by atoms with Gasteiger partial charge in [-0.2, -0.15) is 5.10 Å². The molecule has 3 aromatic rings. The first-order valence-corrected chi connectivity index (χ1v) is 8.57. The number of aromatic nitrogens is 4. The van der Waals surface area contributed by atoms with Gasteiger partial charge in [0.15, 0.2) is 0 Å². The molecule has 0 saturated heterocycles. The molecule has 1 aromatic carbocycles. The minimum atomic E-state index is 0.0170. The van der Waals surface area contributed by atoms with Crippen LogP contribution < -0.4 is 4.74 Å². The summed E-state index contributed by atoms with van der Waals surface area (Å²) < 4.78 is 7.03. The normalized spacial score (nSPS) is 16.4. The van der Waals surface area contributed by atoms with Gasteiger partial charge in [0.05, 0.1) is 37.6 Å². The van der Waals surface area contributed by atoms with Crippen LogP contribution in [0.1, 0.15) is 28.4 Å². The van der Waals surface area contributed by atoms with E-state index >= 15 is 0 Å². The Labute approximate surface area is 151 Å². The highest BCUT2D eigenvalue weighted by molar-refractivity contribution is 5.76. The molecule has 0 radical (unpaired) electrons. The SMILES string of the molecule is COc1cccc(C2CN(C(=O)Cn3cc(C)cn3)Cc3[nH]cnc32)c1. The molecule has 1 aliphatic heterocycles. The zero-order valence-electron chi connectivity index (χ0n) is 14.8. The maximum absolute atomic E-state index is 12.8. The molecule has 3 heterocycles. The van der Waals surface area contributed by atoms with Crippen molar-refractivity contribution < 1.29 is 9.53 Å². The van der Waals surface area contributed by atoms with Crippen LogP contribution in [0.3, 0.4) is 0 Å². The summed E-state index contributed by atoms with van der Waals surface area (Å²) in [5.41, 5.74) is 4.11. The second-order valence-electron chi connectivity index (χ2n) is 6.59. The first kappa shape index (κ1) is 16.4. The van der Waals surface area contributed by atoms with Crippen molar-refractivity contribution in [2.45, 2.75) is 25.9 Å². The van der Waals surface area contributed by atoms with E-state index in [4.69, 9.17) is 4.74 Å². The molecule has 1 aliphatic rings. The van der Waals surface area contributed by atoms with Crippen molar-refractivity contribution in [2.75, 3.05) is 13.7 Å². The Morgan fingerprint density at radius 1 is 1.42 bits per heavy atom. The number of hydrogen-bond donors (Lipinski definition) is 1. The van der Waals surface area contributed by atoms with E-state index in [1.165, 1.54) is 0 Å². The van der Waals surface area contributed by atoms with Crippen molar-refractivity contribution in [3.05, 3.63) is 65.5 Å². The van der Waals surface area contributed by atoms with Crippen LogP contribution in [0.2, 0.25) is 0 Å². The number of nitrogens with one attached hydrogen (secondary N) is 1. The third-order valence-electron chi connectivity index (χ3n) is 4.74. The summed E-state index contributed by atoms with van der Waals surface area (Å²) >= 11 is 0. The molecule has 1 N–H and O–H groups in total. The Balaban J connectivity index is 1.60. The van der Waals surface area contributed by atoms with Crippen molar-refractivity contribution in [1.29, 1.82) is 0 Å². The van der Waals surface area contributed by atoms with Crippen molar-refractivity contribution in [2.24, 2.45) is 0 Å². The van der Waals surface area contributed by atoms with Crippen LogP contribution in [0.15, 0.2) is 43.0 Å². The molecule has 7 heteroatoms. The van der Waals surface area contributed by atoms with Crippen molar-refractivity contribution in [1.82, 2.24) is 24.6 Å². The number of methoxy groups -OCH3 is 1. The maximum Gasteiger partial charge on any atom is 0.244 e. The minimum Gasteiger partial charge on any atom is -0.497 e. The number of fused-ring (bicyclic) bond motifs is 1. The van der Waals surface area contributed by atoms with Gasteiger partial charge in [-0.25, -0.2) is 4.98 Å². The lowest BCUT2D eigenvalue weighted by atomic mass is 9.90. The summed E-state index contributed by atoms with van der Waals surface area (Å²) in [7, 11) is 1.65. The Bertz CT molecular complexity index is 929. The number of carbonyl (C=O) groups is 1. The number of aryl methyl sites for hydroxylation is 1. The summed E-state index contributed by atoms with van der Waals surface area (Å²) in [5, 5.41) is 4.22. The zero-order chi connectivity index (χ0) is 18.1. The van der Waals surface area contributed by atoms with Crippen LogP contribution in [-0.4, -0.2) is 44.2 Å². The number of carbonyl (C=O) groups excluding carboxylic acids is 1. The van der Waals surface area contributed by atoms with Gasteiger partial charge in [0, 0.05) is 18.7 Å². The van der Waals surface area contributed by atoms with Gasteiger partial charge in [0.25, 0.3) is 0 Å². The molecule has 2 aromatic heterocycles. The average molecular weight is 351 g/mol. The van der Waals surface area contributed by atoms with Crippen LogP contribution in [0.4, 0.5) is 0 Å². The molecule has 26 heavy (non-hydrogen) atoms. The smallest absolute Gasteiger partial charge is 0.244 e. The molecule has 1 atom stereocenters. The molecule has 0 fully saturated rings. The van der Waals surface area contributed by atoms with Crippen LogP contribution >= 0.6 is 0 Å². The van der Waals surface area contributed by atoms with Crippen LogP contribution in [0.5, 0.6) is 5.75 Å². The fourth-order valence-electron chi connectivity index (χ4n) is 3.42. The number of hydrogen-bond acceptors (Lipinski definition) is 4. The molecule has 7 nitrogen and oxygen atoms in total. The lowest BCUT2D eigenvalue weighted by Gasteiger charge is -2.32. The summed E-state index contributed by atoms with van der Waals surface area (Å²) in [4.78, 5) is 22.4. The highest BCUT2D eigenvalue weighted by Gasteiger charge is 2.31. The number of nitrogens with zero attached hydrogens (tertiary/aromatic N) is 4. The summed E-state index contributed by atoms with van der Waals surface area (Å²) in [6.45, 7) is 3.33. The predicted octanol–water partition coefficient (Wildman–Crippen LogP) is 2.10. The van der Waals surface area contributed by atoms with Crippen molar-refractivity contribution in [3.8, 4) is 5.75 Å². The van der Waals surface area contributed by atoms with Gasteiger partial charge in [0.2, 0.25) is 5.91 Å². The molecule has 0 aliphatic carbocycles. The minimum absolute atomic E-state index is 0.0170. The van der Waals surface area contributed by atoms with E-state index in [9.17, 15) is 4.79 Å². The number of rotatable bonds is 4. The van der Waals surface area contributed by atoms with E-state index < -0.39 is 0 Å². The van der Waals surface area contributed by atoms with Crippen LogP contribution in [0, 0.1) is 6.92 Å². The Morgan fingerprint density at radius 2 is 2.31 bits per heavy atom.